The van der Waals surface area contributed by atoms with Crippen molar-refractivity contribution in [2.24, 2.45) is 11.7 Å². The topological polar surface area (TPSA) is 46.3 Å². The van der Waals surface area contributed by atoms with E-state index in [1.54, 1.807) is 0 Å². The summed E-state index contributed by atoms with van der Waals surface area (Å²) in [6.07, 6.45) is 0.805. The molecule has 0 spiro atoms. The smallest absolute Gasteiger partial charge is 0.227 e. The highest BCUT2D eigenvalue weighted by Gasteiger charge is 2.20. The maximum Gasteiger partial charge on any atom is 0.227 e. The zero-order chi connectivity index (χ0) is 13.5. The number of carbonyl (C=O) groups is 1. The van der Waals surface area contributed by atoms with E-state index >= 15 is 0 Å². The van der Waals surface area contributed by atoms with Crippen LogP contribution in [0.5, 0.6) is 0 Å². The van der Waals surface area contributed by atoms with Crippen LogP contribution < -0.4 is 5.73 Å². The molecule has 2 N–H and O–H groups in total. The summed E-state index contributed by atoms with van der Waals surface area (Å²) in [7, 11) is 0. The van der Waals surface area contributed by atoms with Crippen LogP contribution in [0.15, 0.2) is 24.3 Å². The zero-order valence-electron chi connectivity index (χ0n) is 11.6. The van der Waals surface area contributed by atoms with E-state index in [2.05, 4.69) is 25.1 Å². The molecule has 0 aliphatic heterocycles. The van der Waals surface area contributed by atoms with Gasteiger partial charge in [0.15, 0.2) is 0 Å². The summed E-state index contributed by atoms with van der Waals surface area (Å²) in [5.41, 5.74) is 8.05. The van der Waals surface area contributed by atoms with Crippen LogP contribution in [0, 0.1) is 12.8 Å². The third-order valence-electron chi connectivity index (χ3n) is 3.28. The maximum atomic E-state index is 12.3. The van der Waals surface area contributed by atoms with Gasteiger partial charge in [-0.15, -0.1) is 0 Å². The van der Waals surface area contributed by atoms with Crippen LogP contribution in [0.25, 0.3) is 0 Å². The molecule has 1 amide bonds. The molecule has 1 atom stereocenters. The number of nitrogens with zero attached hydrogens (tertiary/aromatic N) is 1. The van der Waals surface area contributed by atoms with E-state index in [0.717, 1.165) is 13.0 Å². The first-order chi connectivity index (χ1) is 8.62. The van der Waals surface area contributed by atoms with Gasteiger partial charge < -0.3 is 10.6 Å². The number of hydrogen-bond acceptors (Lipinski definition) is 2. The minimum atomic E-state index is -0.0465. The molecular weight excluding hydrogens is 224 g/mol. The molecule has 0 aliphatic rings. The summed E-state index contributed by atoms with van der Waals surface area (Å²) in [6, 6.07) is 8.28. The number of amides is 1. The lowest BCUT2D eigenvalue weighted by atomic mass is 10.0. The molecule has 0 saturated heterocycles. The quantitative estimate of drug-likeness (QED) is 0.840. The van der Waals surface area contributed by atoms with Gasteiger partial charge in [0.25, 0.3) is 0 Å². The molecule has 1 rings (SSSR count). The molecule has 0 aliphatic carbocycles. The molecule has 0 saturated carbocycles. The van der Waals surface area contributed by atoms with Gasteiger partial charge in [-0.1, -0.05) is 36.8 Å². The van der Waals surface area contributed by atoms with Crippen molar-refractivity contribution in [2.45, 2.75) is 33.7 Å². The van der Waals surface area contributed by atoms with Crippen LogP contribution in [0.2, 0.25) is 0 Å². The second kappa shape index (κ2) is 7.17. The van der Waals surface area contributed by atoms with Crippen LogP contribution in [-0.2, 0) is 11.3 Å². The normalized spacial score (nSPS) is 12.2. The molecule has 18 heavy (non-hydrogen) atoms. The first kappa shape index (κ1) is 14.7. The number of hydrogen-bond donors (Lipinski definition) is 1. The molecule has 0 fully saturated rings. The predicted molar refractivity (Wildman–Crippen MR) is 75.1 cm³/mol. The molecule has 1 aromatic carbocycles. The Balaban J connectivity index is 2.75. The minimum Gasteiger partial charge on any atom is -0.338 e. The van der Waals surface area contributed by atoms with E-state index in [0.29, 0.717) is 13.1 Å². The average molecular weight is 248 g/mol. The standard InChI is InChI=1S/C15H24N2O/c1-4-14(10-16)15(18)17(5-2)11-13-8-6-7-12(3)9-13/h6-9,14H,4-5,10-11,16H2,1-3H3. The summed E-state index contributed by atoms with van der Waals surface area (Å²) < 4.78 is 0. The fraction of sp³-hybridized carbons (Fsp3) is 0.533. The van der Waals surface area contributed by atoms with Crippen LogP contribution in [-0.4, -0.2) is 23.9 Å². The summed E-state index contributed by atoms with van der Waals surface area (Å²) in [5, 5.41) is 0. The van der Waals surface area contributed by atoms with Gasteiger partial charge in [0.1, 0.15) is 0 Å². The van der Waals surface area contributed by atoms with Crippen LogP contribution >= 0.6 is 0 Å². The van der Waals surface area contributed by atoms with E-state index < -0.39 is 0 Å². The van der Waals surface area contributed by atoms with Crippen molar-refractivity contribution in [3.05, 3.63) is 35.4 Å². The van der Waals surface area contributed by atoms with Crippen molar-refractivity contribution >= 4 is 5.91 Å². The third-order valence-corrected chi connectivity index (χ3v) is 3.28. The Bertz CT molecular complexity index is 386. The summed E-state index contributed by atoms with van der Waals surface area (Å²) in [4.78, 5) is 14.2. The molecule has 3 heteroatoms. The molecule has 1 unspecified atom stereocenters. The second-order valence-corrected chi connectivity index (χ2v) is 4.68. The van der Waals surface area contributed by atoms with Gasteiger partial charge >= 0.3 is 0 Å². The van der Waals surface area contributed by atoms with Gasteiger partial charge in [-0.3, -0.25) is 4.79 Å². The number of carbonyl (C=O) groups excluding carboxylic acids is 1. The van der Waals surface area contributed by atoms with E-state index in [1.807, 2.05) is 24.8 Å². The Kier molecular flexibility index (Phi) is 5.86. The fourth-order valence-electron chi connectivity index (χ4n) is 2.08. The van der Waals surface area contributed by atoms with Gasteiger partial charge in [0.2, 0.25) is 5.91 Å². The number of nitrogens with two attached hydrogens (primary N) is 1. The van der Waals surface area contributed by atoms with Gasteiger partial charge in [-0.2, -0.15) is 0 Å². The highest BCUT2D eigenvalue weighted by atomic mass is 16.2. The zero-order valence-corrected chi connectivity index (χ0v) is 11.6. The molecule has 100 valence electrons. The Hall–Kier alpha value is -1.35. The molecule has 0 radical (unpaired) electrons. The Morgan fingerprint density at radius 2 is 2.11 bits per heavy atom. The van der Waals surface area contributed by atoms with E-state index in [-0.39, 0.29) is 11.8 Å². The largest absolute Gasteiger partial charge is 0.338 e. The minimum absolute atomic E-state index is 0.0465. The van der Waals surface area contributed by atoms with Gasteiger partial charge in [-0.25, -0.2) is 0 Å². The Labute approximate surface area is 110 Å². The average Bonchev–Trinajstić information content (AvgIpc) is 2.37. The SMILES string of the molecule is CCC(CN)C(=O)N(CC)Cc1cccc(C)c1. The first-order valence-corrected chi connectivity index (χ1v) is 6.66. The van der Waals surface area contributed by atoms with E-state index in [4.69, 9.17) is 5.73 Å². The molecule has 0 aromatic heterocycles. The highest BCUT2D eigenvalue weighted by Crippen LogP contribution is 2.12. The van der Waals surface area contributed by atoms with Crippen LogP contribution in [0.3, 0.4) is 0 Å². The maximum absolute atomic E-state index is 12.3. The highest BCUT2D eigenvalue weighted by molar-refractivity contribution is 5.79. The first-order valence-electron chi connectivity index (χ1n) is 6.66. The van der Waals surface area contributed by atoms with Gasteiger partial charge in [0, 0.05) is 19.6 Å². The fourth-order valence-corrected chi connectivity index (χ4v) is 2.08. The van der Waals surface area contributed by atoms with Gasteiger partial charge in [-0.05, 0) is 25.8 Å². The monoisotopic (exact) mass is 248 g/mol. The van der Waals surface area contributed by atoms with Crippen molar-refractivity contribution in [2.75, 3.05) is 13.1 Å². The molecule has 3 nitrogen and oxygen atoms in total. The van der Waals surface area contributed by atoms with Crippen molar-refractivity contribution in [3.63, 3.8) is 0 Å². The summed E-state index contributed by atoms with van der Waals surface area (Å²) in [5.74, 6) is 0.124. The van der Waals surface area contributed by atoms with Crippen molar-refractivity contribution in [1.29, 1.82) is 0 Å². The van der Waals surface area contributed by atoms with Crippen LogP contribution in [0.4, 0.5) is 0 Å². The van der Waals surface area contributed by atoms with E-state index in [1.165, 1.54) is 11.1 Å². The predicted octanol–water partition coefficient (Wildman–Crippen LogP) is 2.33. The second-order valence-electron chi connectivity index (χ2n) is 4.68. The molecule has 0 heterocycles. The third kappa shape index (κ3) is 3.84. The summed E-state index contributed by atoms with van der Waals surface area (Å²) >= 11 is 0. The van der Waals surface area contributed by atoms with Crippen LogP contribution in [0.1, 0.15) is 31.4 Å². The van der Waals surface area contributed by atoms with Crippen molar-refractivity contribution in [1.82, 2.24) is 4.90 Å². The number of benzene rings is 1. The lowest BCUT2D eigenvalue weighted by molar-refractivity contribution is -0.135. The van der Waals surface area contributed by atoms with Gasteiger partial charge in [0.05, 0.1) is 5.92 Å². The Morgan fingerprint density at radius 3 is 2.61 bits per heavy atom. The lowest BCUT2D eigenvalue weighted by Crippen LogP contribution is -2.38. The van der Waals surface area contributed by atoms with Crippen molar-refractivity contribution in [3.8, 4) is 0 Å². The Morgan fingerprint density at radius 1 is 1.39 bits per heavy atom. The lowest BCUT2D eigenvalue weighted by Gasteiger charge is -2.25. The van der Waals surface area contributed by atoms with E-state index in [9.17, 15) is 4.79 Å². The molecular formula is C15H24N2O. The summed E-state index contributed by atoms with van der Waals surface area (Å²) in [6.45, 7) is 7.92. The molecule has 1 aromatic rings. The molecule has 0 bridgehead atoms. The number of rotatable bonds is 6. The number of aryl methyl sites for hydroxylation is 1. The van der Waals surface area contributed by atoms with Crippen molar-refractivity contribution < 1.29 is 4.79 Å².